The molecule has 2 heterocycles. The largest absolute Gasteiger partial charge is 0.272 e. The van der Waals surface area contributed by atoms with Crippen LogP contribution in [0.1, 0.15) is 40.2 Å². The summed E-state index contributed by atoms with van der Waals surface area (Å²) >= 11 is 0. The van der Waals surface area contributed by atoms with Crippen LogP contribution in [0.25, 0.3) is 0 Å². The number of hydrogen-bond acceptors (Lipinski definition) is 3. The molecule has 17 heavy (non-hydrogen) atoms. The lowest BCUT2D eigenvalue weighted by Gasteiger charge is -2.35. The van der Waals surface area contributed by atoms with Crippen LogP contribution in [0, 0.1) is 0 Å². The minimum absolute atomic E-state index is 0.390. The van der Waals surface area contributed by atoms with Crippen molar-refractivity contribution in [3.63, 3.8) is 0 Å². The molecule has 0 unspecified atom stereocenters. The Hall–Kier alpha value is -1.36. The van der Waals surface area contributed by atoms with E-state index in [0.29, 0.717) is 5.84 Å². The Labute approximate surface area is 102 Å². The molecule has 1 aliphatic heterocycles. The lowest BCUT2D eigenvalue weighted by atomic mass is 9.84. The van der Waals surface area contributed by atoms with E-state index in [1.165, 1.54) is 0 Å². The van der Waals surface area contributed by atoms with E-state index in [1.54, 1.807) is 10.9 Å². The van der Waals surface area contributed by atoms with Crippen molar-refractivity contribution in [2.24, 2.45) is 4.99 Å². The molecule has 1 aliphatic rings. The van der Waals surface area contributed by atoms with Crippen LogP contribution in [0.3, 0.4) is 0 Å². The average Bonchev–Trinajstić information content (AvgIpc) is 2.77. The second-order valence-electron chi connectivity index (χ2n) is 5.43. The fourth-order valence-corrected chi connectivity index (χ4v) is 1.79. The Kier molecular flexibility index (Phi) is 2.54. The minimum Gasteiger partial charge on any atom is -0.272 e. The van der Waals surface area contributed by atoms with Gasteiger partial charge in [0.2, 0.25) is 0 Å². The first-order valence-electron chi connectivity index (χ1n) is 5.89. The molecule has 1 radical (unpaired) electrons. The van der Waals surface area contributed by atoms with Gasteiger partial charge in [-0.2, -0.15) is 10.2 Å². The van der Waals surface area contributed by atoms with Gasteiger partial charge in [0.05, 0.1) is 22.8 Å². The van der Waals surface area contributed by atoms with Gasteiger partial charge in [0, 0.05) is 12.7 Å². The normalized spacial score (nSPS) is 21.8. The van der Waals surface area contributed by atoms with Crippen molar-refractivity contribution < 1.29 is 5.21 Å². The third kappa shape index (κ3) is 1.65. The first-order chi connectivity index (χ1) is 7.79. The Morgan fingerprint density at radius 1 is 1.29 bits per heavy atom. The molecule has 0 atom stereocenters. The number of rotatable bonds is 2. The van der Waals surface area contributed by atoms with Gasteiger partial charge in [0.25, 0.3) is 0 Å². The summed E-state index contributed by atoms with van der Waals surface area (Å²) in [6, 6.07) is 0. The highest BCUT2D eigenvalue weighted by atomic mass is 16.5. The third-order valence-corrected chi connectivity index (χ3v) is 3.80. The zero-order chi connectivity index (χ0) is 12.8. The van der Waals surface area contributed by atoms with E-state index in [-0.39, 0.29) is 0 Å². The van der Waals surface area contributed by atoms with Crippen LogP contribution in [0.5, 0.6) is 0 Å². The quantitative estimate of drug-likeness (QED) is 0.785. The van der Waals surface area contributed by atoms with Crippen molar-refractivity contribution in [2.75, 3.05) is 0 Å². The molecule has 1 aromatic rings. The van der Waals surface area contributed by atoms with Gasteiger partial charge in [-0.25, -0.2) is 0 Å². The molecule has 0 saturated carbocycles. The molecule has 0 N–H and O–H groups in total. The number of amidine groups is 1. The van der Waals surface area contributed by atoms with Gasteiger partial charge >= 0.3 is 0 Å². The van der Waals surface area contributed by atoms with E-state index in [1.807, 2.05) is 40.8 Å². The highest BCUT2D eigenvalue weighted by molar-refractivity contribution is 5.99. The molecular formula is C12H19N4O. The second kappa shape index (κ2) is 3.57. The maximum atomic E-state index is 12.3. The fraction of sp³-hybridized carbons (Fsp3) is 0.667. The van der Waals surface area contributed by atoms with E-state index in [9.17, 15) is 5.21 Å². The molecule has 0 bridgehead atoms. The molecule has 5 nitrogen and oxygen atoms in total. The number of aromatic nitrogens is 2. The van der Waals surface area contributed by atoms with Crippen molar-refractivity contribution in [1.29, 1.82) is 0 Å². The maximum absolute atomic E-state index is 12.3. The number of hydrogen-bond donors (Lipinski definition) is 0. The Bertz CT molecular complexity index is 459. The smallest absolute Gasteiger partial charge is 0.162 e. The van der Waals surface area contributed by atoms with E-state index in [2.05, 4.69) is 10.1 Å². The number of aryl methyl sites for hydroxylation is 1. The zero-order valence-electron chi connectivity index (χ0n) is 11.1. The second-order valence-corrected chi connectivity index (χ2v) is 5.43. The van der Waals surface area contributed by atoms with Gasteiger partial charge < -0.3 is 0 Å². The number of nitrogens with zero attached hydrogens (tertiary/aromatic N) is 4. The van der Waals surface area contributed by atoms with Gasteiger partial charge in [-0.05, 0) is 34.6 Å². The van der Waals surface area contributed by atoms with Crippen molar-refractivity contribution in [2.45, 2.75) is 52.2 Å². The van der Waals surface area contributed by atoms with Crippen LogP contribution in [0.4, 0.5) is 0 Å². The van der Waals surface area contributed by atoms with Crippen molar-refractivity contribution in [1.82, 2.24) is 14.8 Å². The first kappa shape index (κ1) is 12.1. The summed E-state index contributed by atoms with van der Waals surface area (Å²) in [7, 11) is 0. The van der Waals surface area contributed by atoms with E-state index < -0.39 is 11.1 Å². The standard InChI is InChI=1S/C12H19N4O/c1-6-15-8-9(7-13-15)10-14-11(2,3)12(4,5)16(10)17/h7-8H,6H2,1-5H3. The maximum Gasteiger partial charge on any atom is 0.162 e. The predicted molar refractivity (Wildman–Crippen MR) is 65.1 cm³/mol. The van der Waals surface area contributed by atoms with Crippen LogP contribution in [0.2, 0.25) is 0 Å². The molecule has 0 aromatic carbocycles. The topological polar surface area (TPSA) is 53.3 Å². The number of hydroxylamine groups is 2. The van der Waals surface area contributed by atoms with Gasteiger partial charge in [0.1, 0.15) is 0 Å². The van der Waals surface area contributed by atoms with Crippen LogP contribution >= 0.6 is 0 Å². The molecule has 93 valence electrons. The first-order valence-corrected chi connectivity index (χ1v) is 5.89. The van der Waals surface area contributed by atoms with Gasteiger partial charge in [0.15, 0.2) is 5.84 Å². The summed E-state index contributed by atoms with van der Waals surface area (Å²) in [5.74, 6) is 0.486. The van der Waals surface area contributed by atoms with E-state index in [0.717, 1.165) is 17.2 Å². The molecule has 5 heteroatoms. The summed E-state index contributed by atoms with van der Waals surface area (Å²) < 4.78 is 1.80. The van der Waals surface area contributed by atoms with Crippen LogP contribution in [-0.4, -0.2) is 31.8 Å². The van der Waals surface area contributed by atoms with Gasteiger partial charge in [-0.1, -0.05) is 5.21 Å². The predicted octanol–water partition coefficient (Wildman–Crippen LogP) is 1.87. The third-order valence-electron chi connectivity index (χ3n) is 3.80. The fourth-order valence-electron chi connectivity index (χ4n) is 1.79. The van der Waals surface area contributed by atoms with Gasteiger partial charge in [-0.15, -0.1) is 0 Å². The molecule has 0 aliphatic carbocycles. The molecule has 0 fully saturated rings. The molecule has 2 rings (SSSR count). The van der Waals surface area contributed by atoms with Gasteiger partial charge in [-0.3, -0.25) is 9.67 Å². The zero-order valence-corrected chi connectivity index (χ0v) is 11.1. The van der Waals surface area contributed by atoms with Crippen molar-refractivity contribution in [3.05, 3.63) is 18.0 Å². The van der Waals surface area contributed by atoms with Crippen LogP contribution in [-0.2, 0) is 11.8 Å². The highest BCUT2D eigenvalue weighted by Gasteiger charge is 2.50. The minimum atomic E-state index is -0.531. The SMILES string of the molecule is CCn1cc(C2=NC(C)(C)C(C)(C)N2[O])cn1. The summed E-state index contributed by atoms with van der Waals surface area (Å²) in [4.78, 5) is 4.55. The molecule has 0 saturated heterocycles. The lowest BCUT2D eigenvalue weighted by molar-refractivity contribution is -0.158. The van der Waals surface area contributed by atoms with E-state index >= 15 is 0 Å². The summed E-state index contributed by atoms with van der Waals surface area (Å²) in [5, 5.41) is 17.5. The van der Waals surface area contributed by atoms with E-state index in [4.69, 9.17) is 0 Å². The van der Waals surface area contributed by atoms with Crippen molar-refractivity contribution in [3.8, 4) is 0 Å². The van der Waals surface area contributed by atoms with Crippen molar-refractivity contribution >= 4 is 5.84 Å². The highest BCUT2D eigenvalue weighted by Crippen LogP contribution is 2.37. The Morgan fingerprint density at radius 2 is 1.94 bits per heavy atom. The summed E-state index contributed by atoms with van der Waals surface area (Å²) in [6.45, 7) is 10.6. The Morgan fingerprint density at radius 3 is 2.35 bits per heavy atom. The molecule has 1 aromatic heterocycles. The summed E-state index contributed by atoms with van der Waals surface area (Å²) in [6.07, 6.45) is 3.56. The summed E-state index contributed by atoms with van der Waals surface area (Å²) in [5.41, 5.74) is -0.129. The lowest BCUT2D eigenvalue weighted by Crippen LogP contribution is -2.50. The average molecular weight is 235 g/mol. The van der Waals surface area contributed by atoms with Crippen LogP contribution < -0.4 is 0 Å². The molecular weight excluding hydrogens is 216 g/mol. The molecule has 0 spiro atoms. The molecule has 0 amide bonds. The van der Waals surface area contributed by atoms with Crippen LogP contribution in [0.15, 0.2) is 17.4 Å². The Balaban J connectivity index is 2.41. The number of aliphatic imine (C=N–C) groups is 1. The monoisotopic (exact) mass is 235 g/mol.